The molecule has 0 saturated carbocycles. The Kier molecular flexibility index (Phi) is 4.11. The minimum atomic E-state index is -1.59. The Morgan fingerprint density at radius 2 is 2.18 bits per heavy atom. The highest BCUT2D eigenvalue weighted by atomic mass is 19.1. The van der Waals surface area contributed by atoms with E-state index < -0.39 is 17.4 Å². The molecule has 1 aliphatic heterocycles. The molecule has 0 spiro atoms. The molecule has 5 heteroatoms. The number of carbonyl (C=O) groups is 2. The van der Waals surface area contributed by atoms with Gasteiger partial charge in [0.05, 0.1) is 6.54 Å². The van der Waals surface area contributed by atoms with E-state index in [0.29, 0.717) is 25.7 Å². The number of piperidine rings is 1. The molecule has 1 unspecified atom stereocenters. The summed E-state index contributed by atoms with van der Waals surface area (Å²) in [6.45, 7) is 5.73. The fourth-order valence-corrected chi connectivity index (χ4v) is 1.89. The third-order valence-corrected chi connectivity index (χ3v) is 2.63. The standard InChI is InChI=1S/C12H20FNO3/c1-11(2,3)17-10(16)14-7-4-5-12(13,9-14)6-8-15/h8H,4-7,9H2,1-3H3. The average molecular weight is 245 g/mol. The molecule has 0 N–H and O–H groups in total. The summed E-state index contributed by atoms with van der Waals surface area (Å²) in [6.07, 6.45) is 0.782. The van der Waals surface area contributed by atoms with E-state index in [2.05, 4.69) is 0 Å². The van der Waals surface area contributed by atoms with Crippen molar-refractivity contribution in [2.45, 2.75) is 51.3 Å². The lowest BCUT2D eigenvalue weighted by molar-refractivity contribution is -0.111. The van der Waals surface area contributed by atoms with Crippen LogP contribution in [-0.4, -0.2) is 41.6 Å². The van der Waals surface area contributed by atoms with E-state index in [-0.39, 0.29) is 13.0 Å². The molecule has 1 amide bonds. The van der Waals surface area contributed by atoms with Crippen LogP contribution in [0.2, 0.25) is 0 Å². The summed E-state index contributed by atoms with van der Waals surface area (Å²) in [6, 6.07) is 0. The predicted molar refractivity (Wildman–Crippen MR) is 61.6 cm³/mol. The Morgan fingerprint density at radius 3 is 2.71 bits per heavy atom. The summed E-state index contributed by atoms with van der Waals surface area (Å²) in [5.74, 6) is 0. The first-order chi connectivity index (χ1) is 7.76. The predicted octanol–water partition coefficient (Wildman–Crippen LogP) is 2.31. The molecule has 0 aromatic rings. The number of hydrogen-bond acceptors (Lipinski definition) is 3. The molecule has 0 bridgehead atoms. The molecule has 0 radical (unpaired) electrons. The van der Waals surface area contributed by atoms with Gasteiger partial charge in [-0.2, -0.15) is 0 Å². The Labute approximate surface area is 101 Å². The van der Waals surface area contributed by atoms with Crippen molar-refractivity contribution in [1.29, 1.82) is 0 Å². The van der Waals surface area contributed by atoms with Gasteiger partial charge in [0.2, 0.25) is 0 Å². The first-order valence-corrected chi connectivity index (χ1v) is 5.86. The highest BCUT2D eigenvalue weighted by Crippen LogP contribution is 2.28. The highest BCUT2D eigenvalue weighted by molar-refractivity contribution is 5.68. The van der Waals surface area contributed by atoms with Gasteiger partial charge in [-0.1, -0.05) is 0 Å². The van der Waals surface area contributed by atoms with E-state index in [4.69, 9.17) is 4.74 Å². The lowest BCUT2D eigenvalue weighted by Crippen LogP contribution is -2.49. The molecule has 1 atom stereocenters. The fourth-order valence-electron chi connectivity index (χ4n) is 1.89. The second kappa shape index (κ2) is 5.02. The van der Waals surface area contributed by atoms with Gasteiger partial charge >= 0.3 is 6.09 Å². The summed E-state index contributed by atoms with van der Waals surface area (Å²) in [4.78, 5) is 23.5. The number of hydrogen-bond donors (Lipinski definition) is 0. The van der Waals surface area contributed by atoms with Crippen LogP contribution in [0.1, 0.15) is 40.0 Å². The molecule has 98 valence electrons. The fraction of sp³-hybridized carbons (Fsp3) is 0.833. The largest absolute Gasteiger partial charge is 0.444 e. The van der Waals surface area contributed by atoms with Crippen LogP contribution < -0.4 is 0 Å². The van der Waals surface area contributed by atoms with Crippen LogP contribution >= 0.6 is 0 Å². The first-order valence-electron chi connectivity index (χ1n) is 5.86. The molecule has 17 heavy (non-hydrogen) atoms. The molecule has 0 aliphatic carbocycles. The lowest BCUT2D eigenvalue weighted by Gasteiger charge is -2.37. The number of carbonyl (C=O) groups excluding carboxylic acids is 2. The van der Waals surface area contributed by atoms with Crippen LogP contribution in [-0.2, 0) is 9.53 Å². The molecule has 1 fully saturated rings. The Bertz CT molecular complexity index is 301. The van der Waals surface area contributed by atoms with Crippen LogP contribution in [0.5, 0.6) is 0 Å². The topological polar surface area (TPSA) is 46.6 Å². The average Bonchev–Trinajstić information content (AvgIpc) is 2.14. The number of halogens is 1. The van der Waals surface area contributed by atoms with Gasteiger partial charge in [0.15, 0.2) is 0 Å². The van der Waals surface area contributed by atoms with Crippen LogP contribution in [0.25, 0.3) is 0 Å². The number of alkyl halides is 1. The van der Waals surface area contributed by atoms with Crippen molar-refractivity contribution in [3.05, 3.63) is 0 Å². The lowest BCUT2D eigenvalue weighted by atomic mass is 9.92. The van der Waals surface area contributed by atoms with Crippen molar-refractivity contribution in [1.82, 2.24) is 4.90 Å². The zero-order valence-electron chi connectivity index (χ0n) is 10.7. The number of rotatable bonds is 2. The third-order valence-electron chi connectivity index (χ3n) is 2.63. The van der Waals surface area contributed by atoms with Crippen molar-refractivity contribution in [3.63, 3.8) is 0 Å². The molecule has 1 aliphatic rings. The molecule has 1 rings (SSSR count). The second-order valence-electron chi connectivity index (χ2n) is 5.53. The highest BCUT2D eigenvalue weighted by Gasteiger charge is 2.38. The molecule has 0 aromatic heterocycles. The van der Waals surface area contributed by atoms with Gasteiger partial charge in [-0.25, -0.2) is 9.18 Å². The Balaban J connectivity index is 2.60. The number of ether oxygens (including phenoxy) is 1. The maximum absolute atomic E-state index is 14.1. The van der Waals surface area contributed by atoms with Crippen LogP contribution in [0.15, 0.2) is 0 Å². The van der Waals surface area contributed by atoms with E-state index in [1.807, 2.05) is 0 Å². The van der Waals surface area contributed by atoms with Gasteiger partial charge in [-0.3, -0.25) is 0 Å². The van der Waals surface area contributed by atoms with Crippen LogP contribution in [0, 0.1) is 0 Å². The van der Waals surface area contributed by atoms with Crippen LogP contribution in [0.4, 0.5) is 9.18 Å². The van der Waals surface area contributed by atoms with Gasteiger partial charge in [-0.15, -0.1) is 0 Å². The minimum absolute atomic E-state index is 0.0549. The summed E-state index contributed by atoms with van der Waals surface area (Å²) in [5, 5.41) is 0. The number of nitrogens with zero attached hydrogens (tertiary/aromatic N) is 1. The van der Waals surface area contributed by atoms with Crippen molar-refractivity contribution in [2.75, 3.05) is 13.1 Å². The van der Waals surface area contributed by atoms with Crippen molar-refractivity contribution in [3.8, 4) is 0 Å². The number of aldehydes is 1. The summed E-state index contributed by atoms with van der Waals surface area (Å²) in [5.41, 5.74) is -2.17. The zero-order chi connectivity index (χ0) is 13.1. The molecule has 0 aromatic carbocycles. The smallest absolute Gasteiger partial charge is 0.410 e. The molecular formula is C12H20FNO3. The van der Waals surface area contributed by atoms with Gasteiger partial charge in [0.1, 0.15) is 17.6 Å². The van der Waals surface area contributed by atoms with E-state index in [0.717, 1.165) is 0 Å². The van der Waals surface area contributed by atoms with Gasteiger partial charge in [-0.05, 0) is 33.6 Å². The maximum Gasteiger partial charge on any atom is 0.410 e. The van der Waals surface area contributed by atoms with Gasteiger partial charge < -0.3 is 14.4 Å². The van der Waals surface area contributed by atoms with E-state index in [1.54, 1.807) is 20.8 Å². The van der Waals surface area contributed by atoms with E-state index >= 15 is 0 Å². The summed E-state index contributed by atoms with van der Waals surface area (Å²) in [7, 11) is 0. The van der Waals surface area contributed by atoms with Gasteiger partial charge in [0.25, 0.3) is 0 Å². The van der Waals surface area contributed by atoms with Crippen molar-refractivity contribution in [2.24, 2.45) is 0 Å². The monoisotopic (exact) mass is 245 g/mol. The quantitative estimate of drug-likeness (QED) is 0.701. The maximum atomic E-state index is 14.1. The second-order valence-corrected chi connectivity index (χ2v) is 5.53. The first kappa shape index (κ1) is 13.9. The molecule has 1 heterocycles. The number of likely N-dealkylation sites (tertiary alicyclic amines) is 1. The van der Waals surface area contributed by atoms with E-state index in [1.165, 1.54) is 4.90 Å². The third kappa shape index (κ3) is 4.32. The van der Waals surface area contributed by atoms with Crippen molar-refractivity contribution < 1.29 is 18.7 Å². The molecular weight excluding hydrogens is 225 g/mol. The minimum Gasteiger partial charge on any atom is -0.444 e. The summed E-state index contributed by atoms with van der Waals surface area (Å²) < 4.78 is 19.3. The molecule has 1 saturated heterocycles. The molecule has 4 nitrogen and oxygen atoms in total. The van der Waals surface area contributed by atoms with Gasteiger partial charge in [0, 0.05) is 13.0 Å². The van der Waals surface area contributed by atoms with E-state index in [9.17, 15) is 14.0 Å². The normalized spacial score (nSPS) is 25.5. The number of amides is 1. The van der Waals surface area contributed by atoms with Crippen LogP contribution in [0.3, 0.4) is 0 Å². The Morgan fingerprint density at radius 1 is 1.53 bits per heavy atom. The summed E-state index contributed by atoms with van der Waals surface area (Å²) >= 11 is 0. The zero-order valence-corrected chi connectivity index (χ0v) is 10.7. The SMILES string of the molecule is CC(C)(C)OC(=O)N1CCCC(F)(CC=O)C1. The Hall–Kier alpha value is -1.13. The van der Waals surface area contributed by atoms with Crippen molar-refractivity contribution >= 4 is 12.4 Å².